The summed E-state index contributed by atoms with van der Waals surface area (Å²) in [5.74, 6) is 2.06. The first kappa shape index (κ1) is 17.0. The minimum Gasteiger partial charge on any atom is -0.476 e. The second-order valence-electron chi connectivity index (χ2n) is 7.67. The lowest BCUT2D eigenvalue weighted by Crippen LogP contribution is -2.57. The summed E-state index contributed by atoms with van der Waals surface area (Å²) in [6, 6.07) is 1.90. The van der Waals surface area contributed by atoms with Gasteiger partial charge in [-0.1, -0.05) is 6.58 Å². The molecule has 8 nitrogen and oxygen atoms in total. The average Bonchev–Trinajstić information content (AvgIpc) is 3.36. The maximum Gasteiger partial charge on any atom is 0.245 e. The number of carbonyl (C=O) groups excluding carboxylic acids is 1. The van der Waals surface area contributed by atoms with Crippen molar-refractivity contribution >= 4 is 11.4 Å². The van der Waals surface area contributed by atoms with Crippen LogP contribution in [0.15, 0.2) is 43.5 Å². The number of piperidine rings is 2. The highest BCUT2D eigenvalue weighted by atomic mass is 16.5. The summed E-state index contributed by atoms with van der Waals surface area (Å²) in [7, 11) is 1.88. The Morgan fingerprint density at radius 3 is 2.86 bits per heavy atom. The van der Waals surface area contributed by atoms with Gasteiger partial charge in [-0.05, 0) is 30.4 Å². The largest absolute Gasteiger partial charge is 0.476 e. The van der Waals surface area contributed by atoms with Gasteiger partial charge in [0.15, 0.2) is 0 Å². The fraction of sp³-hybridized carbons (Fsp3) is 0.400. The molecule has 0 spiro atoms. The molecule has 3 aromatic heterocycles. The van der Waals surface area contributed by atoms with E-state index in [1.165, 1.54) is 12.5 Å². The van der Waals surface area contributed by atoms with Gasteiger partial charge in [0.1, 0.15) is 5.52 Å². The molecular weight excluding hydrogens is 356 g/mol. The fourth-order valence-electron chi connectivity index (χ4n) is 4.44. The number of nitrogens with zero attached hydrogens (tertiary/aromatic N) is 6. The zero-order valence-electron chi connectivity index (χ0n) is 15.7. The first-order chi connectivity index (χ1) is 13.6. The summed E-state index contributed by atoms with van der Waals surface area (Å²) < 4.78 is 9.72. The van der Waals surface area contributed by atoms with Crippen LogP contribution in [0.25, 0.3) is 16.8 Å². The summed E-state index contributed by atoms with van der Waals surface area (Å²) in [4.78, 5) is 18.5. The number of amides is 1. The van der Waals surface area contributed by atoms with E-state index in [0.29, 0.717) is 30.2 Å². The Morgan fingerprint density at radius 1 is 1.32 bits per heavy atom. The van der Waals surface area contributed by atoms with Crippen LogP contribution in [0.3, 0.4) is 0 Å². The van der Waals surface area contributed by atoms with Crippen LogP contribution in [0.5, 0.6) is 5.88 Å². The van der Waals surface area contributed by atoms with E-state index in [4.69, 9.17) is 9.72 Å². The van der Waals surface area contributed by atoms with Crippen LogP contribution < -0.4 is 4.74 Å². The van der Waals surface area contributed by atoms with Crippen molar-refractivity contribution in [3.63, 3.8) is 0 Å². The Hall–Kier alpha value is -3.16. The lowest BCUT2D eigenvalue weighted by atomic mass is 9.62. The van der Waals surface area contributed by atoms with Crippen LogP contribution in [-0.2, 0) is 11.8 Å². The number of carbonyl (C=O) groups is 1. The number of hydrogen-bond donors (Lipinski definition) is 0. The van der Waals surface area contributed by atoms with Gasteiger partial charge in [0.05, 0.1) is 30.9 Å². The van der Waals surface area contributed by atoms with Crippen LogP contribution >= 0.6 is 0 Å². The molecule has 0 radical (unpaired) electrons. The maximum atomic E-state index is 11.9. The summed E-state index contributed by atoms with van der Waals surface area (Å²) in [6.45, 7) is 5.78. The number of hydrogen-bond acceptors (Lipinski definition) is 5. The first-order valence-electron chi connectivity index (χ1n) is 9.50. The molecule has 2 unspecified atom stereocenters. The van der Waals surface area contributed by atoms with Crippen molar-refractivity contribution in [2.45, 2.75) is 6.42 Å². The van der Waals surface area contributed by atoms with Gasteiger partial charge in [0.2, 0.25) is 11.8 Å². The lowest BCUT2D eigenvalue weighted by Gasteiger charge is -2.53. The lowest BCUT2D eigenvalue weighted by molar-refractivity contribution is -0.138. The number of aromatic nitrogens is 5. The summed E-state index contributed by atoms with van der Waals surface area (Å²) in [5, 5.41) is 8.57. The molecule has 3 fully saturated rings. The van der Waals surface area contributed by atoms with E-state index in [9.17, 15) is 4.79 Å². The second-order valence-corrected chi connectivity index (χ2v) is 7.67. The molecule has 1 aliphatic carbocycles. The van der Waals surface area contributed by atoms with Crippen LogP contribution in [0.1, 0.15) is 6.42 Å². The van der Waals surface area contributed by atoms with Gasteiger partial charge >= 0.3 is 0 Å². The Bertz CT molecular complexity index is 1040. The molecule has 8 heteroatoms. The molecule has 144 valence electrons. The molecule has 28 heavy (non-hydrogen) atoms. The smallest absolute Gasteiger partial charge is 0.245 e. The molecule has 5 heterocycles. The third-order valence-corrected chi connectivity index (χ3v) is 5.98. The Balaban J connectivity index is 1.34. The highest BCUT2D eigenvalue weighted by Gasteiger charge is 2.47. The van der Waals surface area contributed by atoms with Crippen molar-refractivity contribution in [3.8, 4) is 17.1 Å². The molecule has 2 bridgehead atoms. The maximum absolute atomic E-state index is 11.9. The van der Waals surface area contributed by atoms with Crippen molar-refractivity contribution < 1.29 is 9.53 Å². The fourth-order valence-corrected chi connectivity index (χ4v) is 4.44. The number of rotatable bonds is 5. The Morgan fingerprint density at radius 2 is 2.14 bits per heavy atom. The van der Waals surface area contributed by atoms with Gasteiger partial charge in [-0.2, -0.15) is 10.2 Å². The highest BCUT2D eigenvalue weighted by Crippen LogP contribution is 2.45. The van der Waals surface area contributed by atoms with Gasteiger partial charge in [-0.3, -0.25) is 9.48 Å². The summed E-state index contributed by atoms with van der Waals surface area (Å²) >= 11 is 0. The van der Waals surface area contributed by atoms with E-state index in [1.807, 2.05) is 30.4 Å². The van der Waals surface area contributed by atoms with Gasteiger partial charge in [0, 0.05) is 37.8 Å². The van der Waals surface area contributed by atoms with Crippen molar-refractivity contribution in [2.75, 3.05) is 19.7 Å². The van der Waals surface area contributed by atoms with E-state index in [0.717, 1.165) is 29.9 Å². The van der Waals surface area contributed by atoms with Crippen molar-refractivity contribution in [1.29, 1.82) is 0 Å². The van der Waals surface area contributed by atoms with Gasteiger partial charge < -0.3 is 9.64 Å². The van der Waals surface area contributed by atoms with Crippen LogP contribution in [0.4, 0.5) is 0 Å². The van der Waals surface area contributed by atoms with Crippen molar-refractivity contribution in [1.82, 2.24) is 29.3 Å². The summed E-state index contributed by atoms with van der Waals surface area (Å²) in [5.41, 5.74) is 2.54. The standard InChI is InChI=1S/C20H22N6O2/c1-3-19(27)25-9-13-6-14(10-25)16(13)12-28-20-18-4-5-21-26(18)11-17(23-20)15-7-22-24(2)8-15/h3-5,7-8,11,13-14,16H,1,6,9-10,12H2,2H3/t13-,14?,16?/m0/s1. The van der Waals surface area contributed by atoms with Gasteiger partial charge in [-0.15, -0.1) is 0 Å². The number of aryl methyl sites for hydroxylation is 1. The predicted octanol–water partition coefficient (Wildman–Crippen LogP) is 1.79. The number of fused-ring (bicyclic) bond motifs is 3. The van der Waals surface area contributed by atoms with Crippen LogP contribution in [-0.4, -0.2) is 54.9 Å². The van der Waals surface area contributed by atoms with Crippen LogP contribution in [0, 0.1) is 17.8 Å². The highest BCUT2D eigenvalue weighted by molar-refractivity contribution is 5.87. The van der Waals surface area contributed by atoms with Crippen molar-refractivity contribution in [3.05, 3.63) is 43.5 Å². The zero-order chi connectivity index (χ0) is 19.3. The third kappa shape index (κ3) is 2.76. The molecule has 1 saturated carbocycles. The van der Waals surface area contributed by atoms with E-state index >= 15 is 0 Å². The molecule has 0 N–H and O–H groups in total. The SMILES string of the molecule is C=CC(=O)N1CC2C[C@@H](C1)C2COc1nc(-c2cnn(C)c2)cn2nccc12. The van der Waals surface area contributed by atoms with E-state index < -0.39 is 0 Å². The minimum atomic E-state index is 0.0286. The molecular formula is C20H22N6O2. The molecule has 6 rings (SSSR count). The molecule has 3 aliphatic rings. The van der Waals surface area contributed by atoms with Gasteiger partial charge in [-0.25, -0.2) is 9.50 Å². The van der Waals surface area contributed by atoms with E-state index in [2.05, 4.69) is 16.8 Å². The third-order valence-electron chi connectivity index (χ3n) is 5.98. The molecule has 3 atom stereocenters. The molecule has 0 aromatic carbocycles. The molecule has 2 saturated heterocycles. The normalized spacial score (nSPS) is 23.5. The Labute approximate surface area is 162 Å². The first-order valence-corrected chi connectivity index (χ1v) is 9.50. The molecule has 2 aliphatic heterocycles. The number of ether oxygens (including phenoxy) is 1. The predicted molar refractivity (Wildman–Crippen MR) is 103 cm³/mol. The molecule has 3 aromatic rings. The minimum absolute atomic E-state index is 0.0286. The molecule has 1 amide bonds. The monoisotopic (exact) mass is 378 g/mol. The quantitative estimate of drug-likeness (QED) is 0.633. The average molecular weight is 378 g/mol. The van der Waals surface area contributed by atoms with E-state index in [-0.39, 0.29) is 5.91 Å². The van der Waals surface area contributed by atoms with E-state index in [1.54, 1.807) is 21.6 Å². The second kappa shape index (κ2) is 6.47. The van der Waals surface area contributed by atoms with Crippen LogP contribution in [0.2, 0.25) is 0 Å². The topological polar surface area (TPSA) is 77.6 Å². The Kier molecular flexibility index (Phi) is 3.92. The van der Waals surface area contributed by atoms with Crippen molar-refractivity contribution in [2.24, 2.45) is 24.8 Å². The van der Waals surface area contributed by atoms with Gasteiger partial charge in [0.25, 0.3) is 0 Å². The zero-order valence-corrected chi connectivity index (χ0v) is 15.7. The summed E-state index contributed by atoms with van der Waals surface area (Å²) in [6.07, 6.45) is 9.90.